The average molecular weight is 324 g/mol. The highest BCUT2D eigenvalue weighted by Gasteiger charge is 2.23. The second-order valence-corrected chi connectivity index (χ2v) is 5.90. The molecule has 0 heterocycles. The van der Waals surface area contributed by atoms with E-state index in [0.29, 0.717) is 0 Å². The predicted molar refractivity (Wildman–Crippen MR) is 85.8 cm³/mol. The van der Waals surface area contributed by atoms with Crippen molar-refractivity contribution in [2.75, 3.05) is 12.4 Å². The molecule has 0 aromatic heterocycles. The Hall–Kier alpha value is -1.58. The molecular weight excluding hydrogens is 309 g/mol. The summed E-state index contributed by atoms with van der Waals surface area (Å²) < 4.78 is 5.29. The van der Waals surface area contributed by atoms with Crippen LogP contribution in [-0.2, 0) is 6.42 Å². The molecule has 0 saturated carbocycles. The van der Waals surface area contributed by atoms with E-state index >= 15 is 0 Å². The van der Waals surface area contributed by atoms with Crippen molar-refractivity contribution in [1.82, 2.24) is 0 Å². The lowest BCUT2D eigenvalue weighted by Crippen LogP contribution is -2.07. The number of hydrogen-bond acceptors (Lipinski definition) is 3. The first-order valence-electron chi connectivity index (χ1n) is 6.70. The number of benzene rings is 2. The fraction of sp³-hybridized carbons (Fsp3) is 0.250. The second-order valence-electron chi connectivity index (χ2n) is 5.09. The van der Waals surface area contributed by atoms with E-state index < -0.39 is 0 Å². The lowest BCUT2D eigenvalue weighted by atomic mass is 10.1. The standard InChI is InChI=1S/C16H15Cl2NO2/c1-21-11-4-2-9-3-5-15(12(9)8-11)19-10-6-13(17)16(20)14(18)7-10/h2,4,6-8,15,19-20H,3,5H2,1H3. The summed E-state index contributed by atoms with van der Waals surface area (Å²) in [5, 5.41) is 13.5. The van der Waals surface area contributed by atoms with Crippen LogP contribution >= 0.6 is 23.2 Å². The third kappa shape index (κ3) is 2.76. The van der Waals surface area contributed by atoms with Crippen LogP contribution in [0.2, 0.25) is 10.0 Å². The van der Waals surface area contributed by atoms with E-state index in [1.54, 1.807) is 19.2 Å². The zero-order chi connectivity index (χ0) is 15.0. The number of aryl methyl sites for hydroxylation is 1. The number of methoxy groups -OCH3 is 1. The third-order valence-corrected chi connectivity index (χ3v) is 4.36. The van der Waals surface area contributed by atoms with Crippen molar-refractivity contribution in [1.29, 1.82) is 0 Å². The van der Waals surface area contributed by atoms with Gasteiger partial charge in [0, 0.05) is 5.69 Å². The van der Waals surface area contributed by atoms with E-state index in [1.807, 2.05) is 6.07 Å². The summed E-state index contributed by atoms with van der Waals surface area (Å²) in [5.74, 6) is 0.765. The number of rotatable bonds is 3. The maximum absolute atomic E-state index is 9.61. The maximum Gasteiger partial charge on any atom is 0.152 e. The highest BCUT2D eigenvalue weighted by molar-refractivity contribution is 6.37. The third-order valence-electron chi connectivity index (χ3n) is 3.79. The first kappa shape index (κ1) is 14.4. The molecule has 1 atom stereocenters. The molecule has 21 heavy (non-hydrogen) atoms. The first-order chi connectivity index (χ1) is 10.1. The van der Waals surface area contributed by atoms with Crippen molar-refractivity contribution in [3.8, 4) is 11.5 Å². The highest BCUT2D eigenvalue weighted by Crippen LogP contribution is 2.39. The van der Waals surface area contributed by atoms with Gasteiger partial charge in [0.15, 0.2) is 5.75 Å². The van der Waals surface area contributed by atoms with Gasteiger partial charge in [-0.25, -0.2) is 0 Å². The molecule has 5 heteroatoms. The Morgan fingerprint density at radius 3 is 2.57 bits per heavy atom. The fourth-order valence-electron chi connectivity index (χ4n) is 2.71. The van der Waals surface area contributed by atoms with Crippen LogP contribution in [0.25, 0.3) is 0 Å². The largest absolute Gasteiger partial charge is 0.505 e. The van der Waals surface area contributed by atoms with Gasteiger partial charge in [0.1, 0.15) is 5.75 Å². The summed E-state index contributed by atoms with van der Waals surface area (Å²) in [6.45, 7) is 0. The van der Waals surface area contributed by atoms with Crippen molar-refractivity contribution in [2.45, 2.75) is 18.9 Å². The molecule has 110 valence electrons. The van der Waals surface area contributed by atoms with Crippen molar-refractivity contribution in [3.63, 3.8) is 0 Å². The van der Waals surface area contributed by atoms with Crippen LogP contribution in [0.5, 0.6) is 11.5 Å². The summed E-state index contributed by atoms with van der Waals surface area (Å²) in [7, 11) is 1.67. The number of anilines is 1. The minimum Gasteiger partial charge on any atom is -0.505 e. The molecule has 3 rings (SSSR count). The number of fused-ring (bicyclic) bond motifs is 1. The van der Waals surface area contributed by atoms with E-state index in [9.17, 15) is 5.11 Å². The van der Waals surface area contributed by atoms with Gasteiger partial charge in [-0.3, -0.25) is 0 Å². The number of aromatic hydroxyl groups is 1. The normalized spacial score (nSPS) is 16.6. The van der Waals surface area contributed by atoms with Gasteiger partial charge in [0.05, 0.1) is 23.2 Å². The van der Waals surface area contributed by atoms with Crippen LogP contribution in [0.1, 0.15) is 23.6 Å². The SMILES string of the molecule is COc1ccc2c(c1)C(Nc1cc(Cl)c(O)c(Cl)c1)CC2. The molecule has 3 nitrogen and oxygen atoms in total. The quantitative estimate of drug-likeness (QED) is 0.796. The van der Waals surface area contributed by atoms with E-state index in [-0.39, 0.29) is 21.8 Å². The van der Waals surface area contributed by atoms with E-state index in [0.717, 1.165) is 24.3 Å². The minimum atomic E-state index is -0.0858. The molecule has 1 aliphatic carbocycles. The maximum atomic E-state index is 9.61. The molecule has 1 unspecified atom stereocenters. The van der Waals surface area contributed by atoms with Crippen LogP contribution in [0.4, 0.5) is 5.69 Å². The van der Waals surface area contributed by atoms with Crippen LogP contribution in [-0.4, -0.2) is 12.2 Å². The van der Waals surface area contributed by atoms with Gasteiger partial charge in [0.2, 0.25) is 0 Å². The lowest BCUT2D eigenvalue weighted by molar-refractivity contribution is 0.414. The Balaban J connectivity index is 1.88. The Kier molecular flexibility index (Phi) is 3.87. The summed E-state index contributed by atoms with van der Waals surface area (Å²) in [6, 6.07) is 9.69. The Labute approximate surface area is 133 Å². The zero-order valence-corrected chi connectivity index (χ0v) is 13.0. The van der Waals surface area contributed by atoms with Crippen molar-refractivity contribution in [2.24, 2.45) is 0 Å². The summed E-state index contributed by atoms with van der Waals surface area (Å²) in [4.78, 5) is 0. The Morgan fingerprint density at radius 2 is 1.90 bits per heavy atom. The molecule has 0 radical (unpaired) electrons. The summed E-state index contributed by atoms with van der Waals surface area (Å²) in [6.07, 6.45) is 2.02. The van der Waals surface area contributed by atoms with E-state index in [1.165, 1.54) is 11.1 Å². The second kappa shape index (κ2) is 5.66. The molecule has 2 aromatic rings. The lowest BCUT2D eigenvalue weighted by Gasteiger charge is -2.17. The monoisotopic (exact) mass is 323 g/mol. The molecular formula is C16H15Cl2NO2. The predicted octanol–water partition coefficient (Wildman–Crippen LogP) is 4.81. The molecule has 2 N–H and O–H groups in total. The van der Waals surface area contributed by atoms with Gasteiger partial charge < -0.3 is 15.2 Å². The van der Waals surface area contributed by atoms with Crippen LogP contribution in [0.3, 0.4) is 0 Å². The molecule has 0 saturated heterocycles. The van der Waals surface area contributed by atoms with Gasteiger partial charge in [-0.05, 0) is 48.2 Å². The topological polar surface area (TPSA) is 41.5 Å². The van der Waals surface area contributed by atoms with Crippen molar-refractivity contribution < 1.29 is 9.84 Å². The highest BCUT2D eigenvalue weighted by atomic mass is 35.5. The molecule has 0 spiro atoms. The summed E-state index contributed by atoms with van der Waals surface area (Å²) >= 11 is 11.9. The number of nitrogens with one attached hydrogen (secondary N) is 1. The van der Waals surface area contributed by atoms with Crippen molar-refractivity contribution in [3.05, 3.63) is 51.5 Å². The molecule has 0 bridgehead atoms. The number of halogens is 2. The average Bonchev–Trinajstić information content (AvgIpc) is 2.87. The molecule has 0 amide bonds. The summed E-state index contributed by atoms with van der Waals surface area (Å²) in [5.41, 5.74) is 3.35. The number of phenolic OH excluding ortho intramolecular Hbond substituents is 1. The number of phenols is 1. The van der Waals surface area contributed by atoms with Gasteiger partial charge in [-0.15, -0.1) is 0 Å². The minimum absolute atomic E-state index is 0.0858. The molecule has 2 aromatic carbocycles. The molecule has 0 aliphatic heterocycles. The number of hydrogen-bond donors (Lipinski definition) is 2. The molecule has 0 fully saturated rings. The van der Waals surface area contributed by atoms with Crippen LogP contribution in [0.15, 0.2) is 30.3 Å². The van der Waals surface area contributed by atoms with Gasteiger partial charge in [0.25, 0.3) is 0 Å². The van der Waals surface area contributed by atoms with Gasteiger partial charge in [-0.1, -0.05) is 29.3 Å². The molecule has 1 aliphatic rings. The number of ether oxygens (including phenoxy) is 1. The van der Waals surface area contributed by atoms with E-state index in [2.05, 4.69) is 17.4 Å². The van der Waals surface area contributed by atoms with E-state index in [4.69, 9.17) is 27.9 Å². The Morgan fingerprint density at radius 1 is 1.19 bits per heavy atom. The van der Waals surface area contributed by atoms with Gasteiger partial charge in [-0.2, -0.15) is 0 Å². The van der Waals surface area contributed by atoms with Gasteiger partial charge >= 0.3 is 0 Å². The smallest absolute Gasteiger partial charge is 0.152 e. The van der Waals surface area contributed by atoms with Crippen LogP contribution < -0.4 is 10.1 Å². The zero-order valence-electron chi connectivity index (χ0n) is 11.5. The van der Waals surface area contributed by atoms with Crippen LogP contribution in [0, 0.1) is 0 Å². The Bertz CT molecular complexity index is 665. The fourth-order valence-corrected chi connectivity index (χ4v) is 3.19. The first-order valence-corrected chi connectivity index (χ1v) is 7.45. The van der Waals surface area contributed by atoms with Crippen molar-refractivity contribution >= 4 is 28.9 Å².